The Bertz CT molecular complexity index is 586. The molecule has 2 heterocycles. The normalized spacial score (nSPS) is 10.7. The Morgan fingerprint density at radius 1 is 1.00 bits per heavy atom. The number of nitrogens with one attached hydrogen (secondary N) is 1. The highest BCUT2D eigenvalue weighted by Gasteiger charge is 2.09. The van der Waals surface area contributed by atoms with Gasteiger partial charge in [0.05, 0.1) is 0 Å². The van der Waals surface area contributed by atoms with Gasteiger partial charge in [0.25, 0.3) is 0 Å². The number of nitrogens with zero attached hydrogens (tertiary/aromatic N) is 4. The zero-order valence-corrected chi connectivity index (χ0v) is 13.4. The molecule has 0 saturated heterocycles. The van der Waals surface area contributed by atoms with Crippen LogP contribution in [0.1, 0.15) is 17.0 Å². The van der Waals surface area contributed by atoms with E-state index in [1.807, 2.05) is 27.0 Å². The van der Waals surface area contributed by atoms with Crippen molar-refractivity contribution in [1.82, 2.24) is 19.9 Å². The van der Waals surface area contributed by atoms with Crippen LogP contribution in [0.15, 0.2) is 21.4 Å². The number of nitrogen functional groups attached to an aromatic ring is 1. The fourth-order valence-corrected chi connectivity index (χ4v) is 2.79. The van der Waals surface area contributed by atoms with Gasteiger partial charge in [-0.3, -0.25) is 0 Å². The average molecular weight is 308 g/mol. The smallest absolute Gasteiger partial charge is 0.194 e. The van der Waals surface area contributed by atoms with Gasteiger partial charge in [-0.15, -0.1) is 0 Å². The summed E-state index contributed by atoms with van der Waals surface area (Å²) < 4.78 is 0. The molecule has 0 atom stereocenters. The Morgan fingerprint density at radius 2 is 1.65 bits per heavy atom. The molecular formula is C12H16N6S2. The second-order valence-electron chi connectivity index (χ2n) is 4.13. The fourth-order valence-electron chi connectivity index (χ4n) is 1.50. The fraction of sp³-hybridized carbons (Fsp3) is 0.333. The molecule has 0 unspecified atom stereocenters. The molecule has 6 nitrogen and oxygen atoms in total. The maximum absolute atomic E-state index is 5.41. The van der Waals surface area contributed by atoms with Gasteiger partial charge in [-0.1, -0.05) is 11.8 Å². The predicted molar refractivity (Wildman–Crippen MR) is 82.0 cm³/mol. The van der Waals surface area contributed by atoms with E-state index in [-0.39, 0.29) is 0 Å². The third-order valence-corrected chi connectivity index (χ3v) is 4.15. The Labute approximate surface area is 126 Å². The molecule has 0 saturated carbocycles. The van der Waals surface area contributed by atoms with Gasteiger partial charge in [-0.05, 0) is 44.4 Å². The van der Waals surface area contributed by atoms with Gasteiger partial charge >= 0.3 is 0 Å². The van der Waals surface area contributed by atoms with E-state index in [2.05, 4.69) is 25.4 Å². The van der Waals surface area contributed by atoms with Gasteiger partial charge in [0, 0.05) is 17.5 Å². The van der Waals surface area contributed by atoms with Crippen LogP contribution in [0.25, 0.3) is 0 Å². The largest absolute Gasteiger partial charge is 0.308 e. The molecule has 0 aliphatic heterocycles. The summed E-state index contributed by atoms with van der Waals surface area (Å²) in [4.78, 5) is 17.6. The van der Waals surface area contributed by atoms with Crippen molar-refractivity contribution in [3.8, 4) is 0 Å². The number of aromatic nitrogens is 4. The van der Waals surface area contributed by atoms with E-state index >= 15 is 0 Å². The summed E-state index contributed by atoms with van der Waals surface area (Å²) in [5, 5.41) is 2.10. The molecule has 0 radical (unpaired) electrons. The molecule has 2 aromatic heterocycles. The number of aryl methyl sites for hydroxylation is 2. The highest BCUT2D eigenvalue weighted by Crippen LogP contribution is 2.27. The molecule has 0 fully saturated rings. The van der Waals surface area contributed by atoms with Gasteiger partial charge in [0.2, 0.25) is 0 Å². The summed E-state index contributed by atoms with van der Waals surface area (Å²) >= 11 is 2.86. The molecule has 0 spiro atoms. The number of hydrazine groups is 1. The molecule has 0 amide bonds. The topological polar surface area (TPSA) is 89.6 Å². The maximum Gasteiger partial charge on any atom is 0.194 e. The van der Waals surface area contributed by atoms with E-state index in [1.54, 1.807) is 6.07 Å². The molecule has 0 aliphatic rings. The Hall–Kier alpha value is -1.38. The van der Waals surface area contributed by atoms with Crippen LogP contribution in [-0.4, -0.2) is 26.2 Å². The quantitative estimate of drug-likeness (QED) is 0.292. The summed E-state index contributed by atoms with van der Waals surface area (Å²) in [5.74, 6) is 5.99. The third kappa shape index (κ3) is 3.38. The molecule has 2 aromatic rings. The number of nitrogens with two attached hydrogens (primary N) is 1. The number of thioether (sulfide) groups is 1. The van der Waals surface area contributed by atoms with Crippen molar-refractivity contribution >= 4 is 29.3 Å². The van der Waals surface area contributed by atoms with Gasteiger partial charge in [0.15, 0.2) is 10.3 Å². The van der Waals surface area contributed by atoms with E-state index in [0.717, 1.165) is 22.0 Å². The lowest BCUT2D eigenvalue weighted by molar-refractivity contribution is 0.862. The lowest BCUT2D eigenvalue weighted by Crippen LogP contribution is -2.09. The van der Waals surface area contributed by atoms with Crippen molar-refractivity contribution in [3.63, 3.8) is 0 Å². The first-order valence-electron chi connectivity index (χ1n) is 5.93. The minimum absolute atomic E-state index is 0.576. The van der Waals surface area contributed by atoms with Gasteiger partial charge in [-0.25, -0.2) is 25.8 Å². The standard InChI is InChI=1S/C12H16N6S2/c1-6-7(2)14-12(15-8(6)3)20-10-5-9(18-13)16-11(17-10)19-4/h5H,13H2,1-4H3,(H,16,17,18). The van der Waals surface area contributed by atoms with Crippen molar-refractivity contribution in [2.75, 3.05) is 11.7 Å². The van der Waals surface area contributed by atoms with Crippen LogP contribution < -0.4 is 11.3 Å². The third-order valence-electron chi connectivity index (χ3n) is 2.82. The van der Waals surface area contributed by atoms with Gasteiger partial charge < -0.3 is 5.43 Å². The summed E-state index contributed by atoms with van der Waals surface area (Å²) in [7, 11) is 0. The van der Waals surface area contributed by atoms with E-state index in [0.29, 0.717) is 16.1 Å². The lowest BCUT2D eigenvalue weighted by Gasteiger charge is -2.08. The van der Waals surface area contributed by atoms with Gasteiger partial charge in [-0.2, -0.15) is 0 Å². The minimum atomic E-state index is 0.576. The molecule has 0 bridgehead atoms. The van der Waals surface area contributed by atoms with Crippen molar-refractivity contribution in [3.05, 3.63) is 23.0 Å². The average Bonchev–Trinajstić information content (AvgIpc) is 2.44. The minimum Gasteiger partial charge on any atom is -0.308 e. The summed E-state index contributed by atoms with van der Waals surface area (Å²) in [5.41, 5.74) is 5.62. The van der Waals surface area contributed by atoms with Crippen molar-refractivity contribution in [2.45, 2.75) is 36.1 Å². The summed E-state index contributed by atoms with van der Waals surface area (Å²) in [6.07, 6.45) is 1.92. The zero-order chi connectivity index (χ0) is 14.7. The highest BCUT2D eigenvalue weighted by molar-refractivity contribution is 7.99. The van der Waals surface area contributed by atoms with Crippen LogP contribution in [0.5, 0.6) is 0 Å². The van der Waals surface area contributed by atoms with E-state index in [4.69, 9.17) is 5.84 Å². The molecule has 2 rings (SSSR count). The molecule has 0 aromatic carbocycles. The molecule has 3 N–H and O–H groups in total. The highest BCUT2D eigenvalue weighted by atomic mass is 32.2. The first kappa shape index (κ1) is 15.0. The molecule has 20 heavy (non-hydrogen) atoms. The first-order chi connectivity index (χ1) is 9.53. The number of hydrogen-bond acceptors (Lipinski definition) is 8. The molecular weight excluding hydrogens is 292 g/mol. The molecule has 0 aliphatic carbocycles. The van der Waals surface area contributed by atoms with Crippen LogP contribution in [0.2, 0.25) is 0 Å². The SMILES string of the molecule is CSc1nc(NN)cc(Sc2nc(C)c(C)c(C)n2)n1. The van der Waals surface area contributed by atoms with Crippen molar-refractivity contribution in [2.24, 2.45) is 5.84 Å². The van der Waals surface area contributed by atoms with Crippen LogP contribution in [0.4, 0.5) is 5.82 Å². The second-order valence-corrected chi connectivity index (χ2v) is 5.89. The maximum atomic E-state index is 5.41. The first-order valence-corrected chi connectivity index (χ1v) is 7.97. The summed E-state index contributed by atoms with van der Waals surface area (Å²) in [6.45, 7) is 5.98. The monoisotopic (exact) mass is 308 g/mol. The summed E-state index contributed by atoms with van der Waals surface area (Å²) in [6, 6.07) is 1.78. The molecule has 8 heteroatoms. The van der Waals surface area contributed by atoms with Crippen LogP contribution in [0.3, 0.4) is 0 Å². The van der Waals surface area contributed by atoms with Crippen molar-refractivity contribution in [1.29, 1.82) is 0 Å². The van der Waals surface area contributed by atoms with Gasteiger partial charge in [0.1, 0.15) is 10.8 Å². The number of anilines is 1. The van der Waals surface area contributed by atoms with Crippen LogP contribution in [-0.2, 0) is 0 Å². The lowest BCUT2D eigenvalue weighted by atomic mass is 10.2. The number of hydrogen-bond donors (Lipinski definition) is 2. The second kappa shape index (κ2) is 6.38. The Balaban J connectivity index is 2.34. The Morgan fingerprint density at radius 3 is 2.20 bits per heavy atom. The van der Waals surface area contributed by atoms with E-state index in [9.17, 15) is 0 Å². The number of rotatable bonds is 4. The molecule has 106 valence electrons. The van der Waals surface area contributed by atoms with Crippen LogP contribution >= 0.6 is 23.5 Å². The van der Waals surface area contributed by atoms with Crippen LogP contribution in [0, 0.1) is 20.8 Å². The Kier molecular flexibility index (Phi) is 4.79. The van der Waals surface area contributed by atoms with E-state index in [1.165, 1.54) is 23.5 Å². The van der Waals surface area contributed by atoms with Crippen molar-refractivity contribution < 1.29 is 0 Å². The van der Waals surface area contributed by atoms with E-state index < -0.39 is 0 Å². The zero-order valence-electron chi connectivity index (χ0n) is 11.8. The predicted octanol–water partition coefficient (Wildman–Crippen LogP) is 2.35.